The van der Waals surface area contributed by atoms with E-state index in [1.165, 1.54) is 0 Å². The highest BCUT2D eigenvalue weighted by Crippen LogP contribution is 2.24. The van der Waals surface area contributed by atoms with Gasteiger partial charge in [0.2, 0.25) is 0 Å². The van der Waals surface area contributed by atoms with Crippen LogP contribution in [0.4, 0.5) is 13.2 Å². The van der Waals surface area contributed by atoms with Crippen molar-refractivity contribution < 1.29 is 17.6 Å². The predicted molar refractivity (Wildman–Crippen MR) is 87.1 cm³/mol. The van der Waals surface area contributed by atoms with Crippen LogP contribution in [-0.4, -0.2) is 34.0 Å². The Morgan fingerprint density at radius 2 is 1.48 bits per heavy atom. The van der Waals surface area contributed by atoms with Gasteiger partial charge < -0.3 is 4.43 Å². The largest absolute Gasteiger partial charge is 0.402 e. The van der Waals surface area contributed by atoms with Gasteiger partial charge in [0.1, 0.15) is 5.82 Å². The molecule has 0 aliphatic rings. The molecule has 123 valence electrons. The van der Waals surface area contributed by atoms with Gasteiger partial charge in [0, 0.05) is 18.7 Å². The molecule has 0 saturated heterocycles. The van der Waals surface area contributed by atoms with Crippen LogP contribution >= 0.6 is 0 Å². The van der Waals surface area contributed by atoms with Gasteiger partial charge in [0.25, 0.3) is 0 Å². The minimum atomic E-state index is -1.32. The first-order chi connectivity index (χ1) is 11.0. The lowest BCUT2D eigenvalue weighted by Crippen LogP contribution is -2.49. The van der Waals surface area contributed by atoms with Crippen LogP contribution in [0.5, 0.6) is 0 Å². The first-order valence-corrected chi connectivity index (χ1v) is 8.78. The summed E-state index contributed by atoms with van der Waals surface area (Å²) < 4.78 is 48.1. The summed E-state index contributed by atoms with van der Waals surface area (Å²) in [7, 11) is 0.357. The van der Waals surface area contributed by atoms with Crippen LogP contribution in [0.3, 0.4) is 0 Å². The zero-order valence-corrected chi connectivity index (χ0v) is 14.4. The zero-order chi connectivity index (χ0) is 17.0. The number of benzene rings is 2. The third-order valence-corrected chi connectivity index (χ3v) is 6.12. The molecule has 0 N–H and O–H groups in total. The molecule has 0 saturated carbocycles. The number of hydrogen-bond acceptors (Lipinski definition) is 2. The Morgan fingerprint density at radius 3 is 2.00 bits per heavy atom. The fourth-order valence-corrected chi connectivity index (χ4v) is 4.36. The SMILES string of the molecule is CCN(CC)[Si](OC)c1ccc(-c2cc(F)c(F)cc2F)cc1. The summed E-state index contributed by atoms with van der Waals surface area (Å²) in [6.45, 7) is 5.88. The van der Waals surface area contributed by atoms with E-state index in [2.05, 4.69) is 18.4 Å². The molecule has 0 atom stereocenters. The van der Waals surface area contributed by atoms with Gasteiger partial charge in [-0.3, -0.25) is 4.57 Å². The van der Waals surface area contributed by atoms with Gasteiger partial charge in [-0.15, -0.1) is 0 Å². The Morgan fingerprint density at radius 1 is 0.913 bits per heavy atom. The van der Waals surface area contributed by atoms with E-state index in [-0.39, 0.29) is 5.56 Å². The lowest BCUT2D eigenvalue weighted by atomic mass is 10.1. The van der Waals surface area contributed by atoms with Crippen LogP contribution in [0.2, 0.25) is 0 Å². The first-order valence-electron chi connectivity index (χ1n) is 7.43. The minimum absolute atomic E-state index is 0.0458. The highest BCUT2D eigenvalue weighted by atomic mass is 28.3. The van der Waals surface area contributed by atoms with Gasteiger partial charge in [-0.05, 0) is 29.9 Å². The smallest absolute Gasteiger partial charge is 0.343 e. The number of hydrogen-bond donors (Lipinski definition) is 0. The van der Waals surface area contributed by atoms with Crippen molar-refractivity contribution in [3.05, 3.63) is 53.8 Å². The Balaban J connectivity index is 2.34. The lowest BCUT2D eigenvalue weighted by molar-refractivity contribution is 0.339. The van der Waals surface area contributed by atoms with Crippen molar-refractivity contribution in [2.75, 3.05) is 20.2 Å². The van der Waals surface area contributed by atoms with Gasteiger partial charge in [-0.25, -0.2) is 13.2 Å². The molecule has 0 spiro atoms. The summed E-state index contributed by atoms with van der Waals surface area (Å²) in [5.41, 5.74) is 0.548. The molecule has 23 heavy (non-hydrogen) atoms. The van der Waals surface area contributed by atoms with Crippen LogP contribution in [0.25, 0.3) is 11.1 Å². The molecule has 0 aromatic heterocycles. The summed E-state index contributed by atoms with van der Waals surface area (Å²) in [6, 6.07) is 8.57. The standard InChI is InChI=1S/C17H19F3NOSi/c1-4-21(5-2)23(22-3)13-8-6-12(7-9-13)14-10-16(19)17(20)11-15(14)18/h6-11H,4-5H2,1-3H3. The summed E-state index contributed by atoms with van der Waals surface area (Å²) in [5, 5.41) is 1.02. The third kappa shape index (κ3) is 3.83. The van der Waals surface area contributed by atoms with Gasteiger partial charge >= 0.3 is 9.20 Å². The summed E-state index contributed by atoms with van der Waals surface area (Å²) >= 11 is 0. The molecule has 2 aromatic carbocycles. The topological polar surface area (TPSA) is 12.5 Å². The van der Waals surface area contributed by atoms with Crippen molar-refractivity contribution in [2.45, 2.75) is 13.8 Å². The van der Waals surface area contributed by atoms with Crippen molar-refractivity contribution >= 4 is 14.4 Å². The summed E-state index contributed by atoms with van der Waals surface area (Å²) in [4.78, 5) is 0. The van der Waals surface area contributed by atoms with Gasteiger partial charge in [-0.1, -0.05) is 38.1 Å². The highest BCUT2D eigenvalue weighted by molar-refractivity contribution is 6.64. The molecular formula is C17H19F3NOSi. The Bertz CT molecular complexity index is 660. The Kier molecular flexibility index (Phi) is 5.98. The van der Waals surface area contributed by atoms with Crippen molar-refractivity contribution in [1.82, 2.24) is 4.57 Å². The normalized spacial score (nSPS) is 11.5. The lowest BCUT2D eigenvalue weighted by Gasteiger charge is -2.25. The van der Waals surface area contributed by atoms with Crippen LogP contribution in [0.1, 0.15) is 13.8 Å². The van der Waals surface area contributed by atoms with Crippen LogP contribution < -0.4 is 5.19 Å². The van der Waals surface area contributed by atoms with Crippen molar-refractivity contribution in [3.63, 3.8) is 0 Å². The molecule has 1 radical (unpaired) electrons. The fraction of sp³-hybridized carbons (Fsp3) is 0.294. The number of nitrogens with zero attached hydrogens (tertiary/aromatic N) is 1. The molecule has 0 aliphatic heterocycles. The van der Waals surface area contributed by atoms with E-state index in [0.29, 0.717) is 11.6 Å². The van der Waals surface area contributed by atoms with E-state index < -0.39 is 26.7 Å². The number of halogens is 3. The van der Waals surface area contributed by atoms with Gasteiger partial charge in [0.05, 0.1) is 0 Å². The van der Waals surface area contributed by atoms with E-state index in [4.69, 9.17) is 4.43 Å². The Labute approximate surface area is 136 Å². The van der Waals surface area contributed by atoms with Gasteiger partial charge in [-0.2, -0.15) is 0 Å². The fourth-order valence-electron chi connectivity index (χ4n) is 2.48. The predicted octanol–water partition coefficient (Wildman–Crippen LogP) is 3.45. The Hall–Kier alpha value is -1.63. The van der Waals surface area contributed by atoms with Gasteiger partial charge in [0.15, 0.2) is 11.6 Å². The molecule has 0 amide bonds. The molecule has 0 heterocycles. The molecule has 0 unspecified atom stereocenters. The minimum Gasteiger partial charge on any atom is -0.402 e. The average molecular weight is 338 g/mol. The van der Waals surface area contributed by atoms with Crippen LogP contribution in [0, 0.1) is 17.5 Å². The van der Waals surface area contributed by atoms with Crippen molar-refractivity contribution in [2.24, 2.45) is 0 Å². The number of rotatable bonds is 6. The molecule has 0 fully saturated rings. The average Bonchev–Trinajstić information content (AvgIpc) is 2.56. The molecular weight excluding hydrogens is 319 g/mol. The molecule has 0 aliphatic carbocycles. The van der Waals surface area contributed by atoms with Crippen molar-refractivity contribution in [1.29, 1.82) is 0 Å². The molecule has 6 heteroatoms. The molecule has 0 bridgehead atoms. The molecule has 2 nitrogen and oxygen atoms in total. The van der Waals surface area contributed by atoms with E-state index >= 15 is 0 Å². The molecule has 2 aromatic rings. The zero-order valence-electron chi connectivity index (χ0n) is 13.4. The summed E-state index contributed by atoms with van der Waals surface area (Å²) in [5.74, 6) is -3.03. The second kappa shape index (κ2) is 7.76. The second-order valence-corrected chi connectivity index (χ2v) is 7.23. The molecule has 2 rings (SSSR count). The maximum atomic E-state index is 13.8. The first kappa shape index (κ1) is 17.7. The van der Waals surface area contributed by atoms with E-state index in [1.807, 2.05) is 12.1 Å². The maximum Gasteiger partial charge on any atom is 0.343 e. The van der Waals surface area contributed by atoms with E-state index in [9.17, 15) is 13.2 Å². The van der Waals surface area contributed by atoms with E-state index in [0.717, 1.165) is 24.3 Å². The second-order valence-electron chi connectivity index (χ2n) is 5.01. The summed E-state index contributed by atoms with van der Waals surface area (Å²) in [6.07, 6.45) is 0. The third-order valence-electron chi connectivity index (χ3n) is 3.70. The quantitative estimate of drug-likeness (QED) is 0.591. The maximum absolute atomic E-state index is 13.8. The van der Waals surface area contributed by atoms with Crippen LogP contribution in [0.15, 0.2) is 36.4 Å². The van der Waals surface area contributed by atoms with Crippen molar-refractivity contribution in [3.8, 4) is 11.1 Å². The highest BCUT2D eigenvalue weighted by Gasteiger charge is 2.22. The van der Waals surface area contributed by atoms with Crippen LogP contribution in [-0.2, 0) is 4.43 Å². The monoisotopic (exact) mass is 338 g/mol. The van der Waals surface area contributed by atoms with E-state index in [1.54, 1.807) is 19.2 Å².